The van der Waals surface area contributed by atoms with Gasteiger partial charge in [0, 0.05) is 12.5 Å². The van der Waals surface area contributed by atoms with Crippen molar-refractivity contribution in [3.05, 3.63) is 11.4 Å². The Kier molecular flexibility index (Phi) is 4.17. The van der Waals surface area contributed by atoms with Crippen LogP contribution in [0.15, 0.2) is 0 Å². The Morgan fingerprint density at radius 1 is 1.50 bits per heavy atom. The van der Waals surface area contributed by atoms with Crippen molar-refractivity contribution in [1.82, 2.24) is 5.32 Å². The summed E-state index contributed by atoms with van der Waals surface area (Å²) < 4.78 is 5.16. The largest absolute Gasteiger partial charge is 0.444 e. The molecule has 90 valence electrons. The van der Waals surface area contributed by atoms with E-state index in [-0.39, 0.29) is 12.1 Å². The predicted molar refractivity (Wildman–Crippen MR) is 62.0 cm³/mol. The fourth-order valence-corrected chi connectivity index (χ4v) is 1.81. The zero-order valence-corrected chi connectivity index (χ0v) is 10.2. The van der Waals surface area contributed by atoms with E-state index in [1.165, 1.54) is 0 Å². The smallest absolute Gasteiger partial charge is 0.407 e. The van der Waals surface area contributed by atoms with Gasteiger partial charge in [-0.15, -0.1) is 0 Å². The summed E-state index contributed by atoms with van der Waals surface area (Å²) in [5.74, 6) is 0.606. The summed E-state index contributed by atoms with van der Waals surface area (Å²) in [5, 5.41) is 2.84. The van der Waals surface area contributed by atoms with E-state index in [4.69, 9.17) is 11.3 Å². The van der Waals surface area contributed by atoms with Gasteiger partial charge in [-0.25, -0.2) is 11.4 Å². The third-order valence-corrected chi connectivity index (χ3v) is 2.61. The van der Waals surface area contributed by atoms with Crippen molar-refractivity contribution in [2.24, 2.45) is 5.92 Å². The number of alkyl carbamates (subject to hydrolysis) is 1. The monoisotopic (exact) mass is 224 g/mol. The first kappa shape index (κ1) is 12.8. The van der Waals surface area contributed by atoms with E-state index in [2.05, 4.69) is 10.2 Å². The number of nitrogens with one attached hydrogen (secondary N) is 1. The highest BCUT2D eigenvalue weighted by Gasteiger charge is 2.31. The van der Waals surface area contributed by atoms with Crippen LogP contribution in [-0.2, 0) is 4.74 Å². The molecule has 0 bridgehead atoms. The molecule has 16 heavy (non-hydrogen) atoms. The number of nitrogens with zero attached hydrogens (tertiary/aromatic N) is 1. The van der Waals surface area contributed by atoms with Crippen molar-refractivity contribution >= 4 is 6.09 Å². The van der Waals surface area contributed by atoms with Gasteiger partial charge in [-0.05, 0) is 39.5 Å². The number of hydrogen-bond donors (Lipinski definition) is 1. The summed E-state index contributed by atoms with van der Waals surface area (Å²) in [6.45, 7) is 12.9. The third kappa shape index (κ3) is 4.52. The molecule has 0 radical (unpaired) electrons. The van der Waals surface area contributed by atoms with Gasteiger partial charge in [0.25, 0.3) is 0 Å². The van der Waals surface area contributed by atoms with Gasteiger partial charge in [0.2, 0.25) is 6.54 Å². The summed E-state index contributed by atoms with van der Waals surface area (Å²) in [6, 6.07) is 0.241. The van der Waals surface area contributed by atoms with Gasteiger partial charge in [0.15, 0.2) is 0 Å². The molecule has 1 amide bonds. The lowest BCUT2D eigenvalue weighted by molar-refractivity contribution is 0.0451. The van der Waals surface area contributed by atoms with Gasteiger partial charge in [-0.3, -0.25) is 0 Å². The minimum atomic E-state index is -0.433. The molecular weight excluding hydrogens is 204 g/mol. The quantitative estimate of drug-likeness (QED) is 0.749. The maximum Gasteiger partial charge on any atom is 0.407 e. The minimum absolute atomic E-state index is 0.241. The lowest BCUT2D eigenvalue weighted by Crippen LogP contribution is -2.46. The first-order valence-corrected chi connectivity index (χ1v) is 5.73. The lowest BCUT2D eigenvalue weighted by atomic mass is 9.78. The van der Waals surface area contributed by atoms with Crippen molar-refractivity contribution in [2.45, 2.75) is 51.7 Å². The maximum absolute atomic E-state index is 11.4. The SMILES string of the molecule is [C-]#[N+]CCC1CC(NC(=O)OC(C)(C)C)C1. The highest BCUT2D eigenvalue weighted by molar-refractivity contribution is 5.68. The molecule has 0 atom stereocenters. The van der Waals surface area contributed by atoms with E-state index in [9.17, 15) is 4.79 Å². The molecule has 1 N–H and O–H groups in total. The number of hydrogen-bond acceptors (Lipinski definition) is 2. The second kappa shape index (κ2) is 5.20. The molecule has 0 unspecified atom stereocenters. The average molecular weight is 224 g/mol. The van der Waals surface area contributed by atoms with E-state index in [0.717, 1.165) is 19.3 Å². The molecular formula is C12H20N2O2. The highest BCUT2D eigenvalue weighted by Crippen LogP contribution is 2.30. The number of amides is 1. The van der Waals surface area contributed by atoms with Crippen LogP contribution in [0.25, 0.3) is 4.85 Å². The Morgan fingerprint density at radius 3 is 2.62 bits per heavy atom. The van der Waals surface area contributed by atoms with Gasteiger partial charge in [-0.2, -0.15) is 0 Å². The van der Waals surface area contributed by atoms with E-state index >= 15 is 0 Å². The first-order chi connectivity index (χ1) is 7.40. The Morgan fingerprint density at radius 2 is 2.12 bits per heavy atom. The van der Waals surface area contributed by atoms with Crippen LogP contribution >= 0.6 is 0 Å². The molecule has 1 aliphatic rings. The molecule has 1 aliphatic carbocycles. The molecule has 1 saturated carbocycles. The van der Waals surface area contributed by atoms with Crippen LogP contribution in [0.3, 0.4) is 0 Å². The minimum Gasteiger partial charge on any atom is -0.444 e. The third-order valence-electron chi connectivity index (χ3n) is 2.61. The van der Waals surface area contributed by atoms with Crippen LogP contribution in [0.5, 0.6) is 0 Å². The van der Waals surface area contributed by atoms with Crippen molar-refractivity contribution < 1.29 is 9.53 Å². The molecule has 0 aromatic carbocycles. The Labute approximate surface area is 97.2 Å². The Hall–Kier alpha value is -1.24. The lowest BCUT2D eigenvalue weighted by Gasteiger charge is -2.35. The Bertz CT molecular complexity index is 282. The summed E-state index contributed by atoms with van der Waals surface area (Å²) in [4.78, 5) is 14.7. The number of rotatable bonds is 3. The molecule has 1 fully saturated rings. The molecule has 0 aromatic rings. The van der Waals surface area contributed by atoms with Gasteiger partial charge >= 0.3 is 6.09 Å². The molecule has 0 aliphatic heterocycles. The van der Waals surface area contributed by atoms with Crippen molar-refractivity contribution in [3.63, 3.8) is 0 Å². The van der Waals surface area contributed by atoms with Crippen LogP contribution in [-0.4, -0.2) is 24.3 Å². The molecule has 1 rings (SSSR count). The van der Waals surface area contributed by atoms with Crippen LogP contribution in [0.1, 0.15) is 40.0 Å². The standard InChI is InChI=1S/C12H20N2O2/c1-12(2,3)16-11(15)14-10-7-9(8-10)5-6-13-4/h9-10H,5-8H2,1-3H3,(H,14,15). The van der Waals surface area contributed by atoms with E-state index < -0.39 is 5.60 Å². The van der Waals surface area contributed by atoms with Crippen LogP contribution in [0.2, 0.25) is 0 Å². The molecule has 0 saturated heterocycles. The van der Waals surface area contributed by atoms with Gasteiger partial charge in [-0.1, -0.05) is 0 Å². The van der Waals surface area contributed by atoms with Crippen molar-refractivity contribution in [2.75, 3.05) is 6.54 Å². The van der Waals surface area contributed by atoms with Crippen LogP contribution in [0, 0.1) is 12.5 Å². The predicted octanol–water partition coefficient (Wildman–Crippen LogP) is 2.60. The summed E-state index contributed by atoms with van der Waals surface area (Å²) in [6.07, 6.45) is 2.58. The second-order valence-electron chi connectivity index (χ2n) is 5.35. The van der Waals surface area contributed by atoms with Crippen molar-refractivity contribution in [3.8, 4) is 0 Å². The number of carbonyl (C=O) groups excluding carboxylic acids is 1. The normalized spacial score (nSPS) is 24.1. The highest BCUT2D eigenvalue weighted by atomic mass is 16.6. The molecule has 4 heteroatoms. The van der Waals surface area contributed by atoms with E-state index in [0.29, 0.717) is 12.5 Å². The topological polar surface area (TPSA) is 42.7 Å². The first-order valence-electron chi connectivity index (χ1n) is 5.73. The fraction of sp³-hybridized carbons (Fsp3) is 0.833. The molecule has 4 nitrogen and oxygen atoms in total. The zero-order chi connectivity index (χ0) is 12.2. The zero-order valence-electron chi connectivity index (χ0n) is 10.2. The summed E-state index contributed by atoms with van der Waals surface area (Å²) in [7, 11) is 0. The van der Waals surface area contributed by atoms with Gasteiger partial charge in [0.05, 0.1) is 0 Å². The maximum atomic E-state index is 11.4. The molecule has 0 spiro atoms. The van der Waals surface area contributed by atoms with Crippen molar-refractivity contribution in [1.29, 1.82) is 0 Å². The van der Waals surface area contributed by atoms with Gasteiger partial charge in [0.1, 0.15) is 5.60 Å². The Balaban J connectivity index is 2.13. The van der Waals surface area contributed by atoms with Gasteiger partial charge < -0.3 is 14.9 Å². The van der Waals surface area contributed by atoms with E-state index in [1.807, 2.05) is 20.8 Å². The average Bonchev–Trinajstić information content (AvgIpc) is 2.05. The fourth-order valence-electron chi connectivity index (χ4n) is 1.81. The van der Waals surface area contributed by atoms with Crippen LogP contribution < -0.4 is 5.32 Å². The second-order valence-corrected chi connectivity index (χ2v) is 5.35. The number of carbonyl (C=O) groups is 1. The summed E-state index contributed by atoms with van der Waals surface area (Å²) >= 11 is 0. The van der Waals surface area contributed by atoms with Crippen LogP contribution in [0.4, 0.5) is 4.79 Å². The van der Waals surface area contributed by atoms with E-state index in [1.54, 1.807) is 0 Å². The summed E-state index contributed by atoms with van der Waals surface area (Å²) in [5.41, 5.74) is -0.433. The number of ether oxygens (including phenoxy) is 1. The molecule has 0 aromatic heterocycles. The molecule has 0 heterocycles.